The number of hydrogen-bond donors (Lipinski definition) is 3. The van der Waals surface area contributed by atoms with Crippen LogP contribution in [0, 0.1) is 0 Å². The van der Waals surface area contributed by atoms with Crippen molar-refractivity contribution in [1.29, 1.82) is 0 Å². The lowest BCUT2D eigenvalue weighted by Crippen LogP contribution is -2.41. The van der Waals surface area contributed by atoms with Gasteiger partial charge in [0.05, 0.1) is 0 Å². The molecule has 4 rings (SSSR count). The Balaban J connectivity index is 1.29. The van der Waals surface area contributed by atoms with Gasteiger partial charge in [0, 0.05) is 30.0 Å². The third-order valence-corrected chi connectivity index (χ3v) is 6.35. The number of alkyl carbamates (subject to hydrolysis) is 1. The average Bonchev–Trinajstić information content (AvgIpc) is 3.40. The van der Waals surface area contributed by atoms with Crippen LogP contribution in [0.2, 0.25) is 0 Å². The van der Waals surface area contributed by atoms with E-state index in [1.165, 1.54) is 0 Å². The van der Waals surface area contributed by atoms with Gasteiger partial charge < -0.3 is 20.5 Å². The fraction of sp³-hybridized carbons (Fsp3) is 0.346. The molecule has 0 saturated heterocycles. The Morgan fingerprint density at radius 3 is 2.27 bits per heavy atom. The van der Waals surface area contributed by atoms with E-state index in [9.17, 15) is 14.4 Å². The van der Waals surface area contributed by atoms with Crippen molar-refractivity contribution in [3.05, 3.63) is 71.3 Å². The molecule has 3 N–H and O–H groups in total. The Morgan fingerprint density at radius 2 is 1.70 bits per heavy atom. The number of benzene rings is 2. The van der Waals surface area contributed by atoms with Crippen molar-refractivity contribution in [2.75, 3.05) is 6.61 Å². The molecule has 172 valence electrons. The number of rotatable bonds is 8. The summed E-state index contributed by atoms with van der Waals surface area (Å²) in [6, 6.07) is 15.7. The summed E-state index contributed by atoms with van der Waals surface area (Å²) in [4.78, 5) is 35.9. The lowest BCUT2D eigenvalue weighted by Gasteiger charge is -2.20. The van der Waals surface area contributed by atoms with Gasteiger partial charge >= 0.3 is 12.1 Å². The number of carbonyl (C=O) groups is 3. The van der Waals surface area contributed by atoms with Crippen LogP contribution in [-0.4, -0.2) is 41.8 Å². The molecule has 0 fully saturated rings. The summed E-state index contributed by atoms with van der Waals surface area (Å²) in [7, 11) is 0. The molecule has 0 spiro atoms. The number of aliphatic carboxylic acids is 1. The molecule has 1 unspecified atom stereocenters. The van der Waals surface area contributed by atoms with Crippen molar-refractivity contribution in [1.82, 2.24) is 10.6 Å². The zero-order valence-corrected chi connectivity index (χ0v) is 18.5. The summed E-state index contributed by atoms with van der Waals surface area (Å²) >= 11 is 0. The van der Waals surface area contributed by atoms with Gasteiger partial charge in [0.15, 0.2) is 0 Å². The van der Waals surface area contributed by atoms with Gasteiger partial charge in [-0.25, -0.2) is 9.59 Å². The molecule has 0 aliphatic heterocycles. The lowest BCUT2D eigenvalue weighted by molar-refractivity contribution is -0.133. The molecule has 2 aromatic rings. The Kier molecular flexibility index (Phi) is 6.77. The van der Waals surface area contributed by atoms with E-state index in [0.29, 0.717) is 24.8 Å². The van der Waals surface area contributed by atoms with E-state index in [4.69, 9.17) is 9.84 Å². The standard InChI is InChI=1S/C26H28N2O5/c1-2-17(14-24(29)27-18-12-11-16(13-18)25(30)31)28-26(32)33-15-23-21-9-5-3-7-19(21)20-8-4-6-10-22(20)23/h3-11,17-18,23H,2,12-15H2,1H3,(H,27,29)(H,28,32)(H,30,31)/t17-,18?/m1/s1. The second kappa shape index (κ2) is 9.90. The maximum Gasteiger partial charge on any atom is 0.407 e. The summed E-state index contributed by atoms with van der Waals surface area (Å²) in [5.74, 6) is -1.19. The van der Waals surface area contributed by atoms with Crippen molar-refractivity contribution in [2.45, 2.75) is 50.6 Å². The molecule has 0 aromatic heterocycles. The summed E-state index contributed by atoms with van der Waals surface area (Å²) < 4.78 is 5.57. The molecular weight excluding hydrogens is 420 g/mol. The van der Waals surface area contributed by atoms with Crippen molar-refractivity contribution < 1.29 is 24.2 Å². The minimum absolute atomic E-state index is 0.0233. The predicted octanol–water partition coefficient (Wildman–Crippen LogP) is 3.98. The smallest absolute Gasteiger partial charge is 0.407 e. The highest BCUT2D eigenvalue weighted by atomic mass is 16.5. The number of nitrogens with one attached hydrogen (secondary N) is 2. The minimum Gasteiger partial charge on any atom is -0.478 e. The van der Waals surface area contributed by atoms with Gasteiger partial charge in [0.2, 0.25) is 5.91 Å². The third kappa shape index (κ3) is 5.08. The first-order valence-corrected chi connectivity index (χ1v) is 11.3. The Bertz CT molecular complexity index is 1050. The highest BCUT2D eigenvalue weighted by molar-refractivity contribution is 5.87. The molecule has 2 atom stereocenters. The maximum absolute atomic E-state index is 12.5. The van der Waals surface area contributed by atoms with E-state index in [-0.39, 0.29) is 36.9 Å². The number of carboxylic acid groups (broad SMARTS) is 1. The van der Waals surface area contributed by atoms with Crippen LogP contribution in [0.4, 0.5) is 4.79 Å². The molecule has 33 heavy (non-hydrogen) atoms. The number of fused-ring (bicyclic) bond motifs is 3. The number of amides is 2. The van der Waals surface area contributed by atoms with Crippen molar-refractivity contribution in [3.63, 3.8) is 0 Å². The van der Waals surface area contributed by atoms with Crippen LogP contribution in [0.25, 0.3) is 11.1 Å². The van der Waals surface area contributed by atoms with E-state index < -0.39 is 12.1 Å². The van der Waals surface area contributed by atoms with Crippen LogP contribution in [0.1, 0.15) is 49.7 Å². The van der Waals surface area contributed by atoms with E-state index in [1.54, 1.807) is 6.08 Å². The molecule has 2 aromatic carbocycles. The third-order valence-electron chi connectivity index (χ3n) is 6.35. The fourth-order valence-corrected chi connectivity index (χ4v) is 4.62. The largest absolute Gasteiger partial charge is 0.478 e. The second-order valence-electron chi connectivity index (χ2n) is 8.52. The number of carboxylic acids is 1. The first-order valence-electron chi connectivity index (χ1n) is 11.3. The van der Waals surface area contributed by atoms with E-state index in [2.05, 4.69) is 34.9 Å². The molecule has 2 aliphatic carbocycles. The van der Waals surface area contributed by atoms with E-state index >= 15 is 0 Å². The summed E-state index contributed by atoms with van der Waals surface area (Å²) in [6.45, 7) is 2.11. The van der Waals surface area contributed by atoms with E-state index in [1.807, 2.05) is 31.2 Å². The van der Waals surface area contributed by atoms with Crippen LogP contribution in [0.5, 0.6) is 0 Å². The molecule has 2 aliphatic rings. The second-order valence-corrected chi connectivity index (χ2v) is 8.52. The Morgan fingerprint density at radius 1 is 1.06 bits per heavy atom. The lowest BCUT2D eigenvalue weighted by atomic mass is 9.98. The predicted molar refractivity (Wildman–Crippen MR) is 124 cm³/mol. The number of carbonyl (C=O) groups excluding carboxylic acids is 2. The molecule has 7 heteroatoms. The van der Waals surface area contributed by atoms with Crippen LogP contribution in [0.15, 0.2) is 60.2 Å². The normalized spacial score (nSPS) is 17.5. The topological polar surface area (TPSA) is 105 Å². The molecule has 2 amide bonds. The van der Waals surface area contributed by atoms with Gasteiger partial charge in [0.1, 0.15) is 6.61 Å². The summed E-state index contributed by atoms with van der Waals surface area (Å²) in [5, 5.41) is 14.7. The Labute approximate surface area is 192 Å². The Hall–Kier alpha value is -3.61. The quantitative estimate of drug-likeness (QED) is 0.567. The average molecular weight is 449 g/mol. The molecule has 0 heterocycles. The van der Waals surface area contributed by atoms with Gasteiger partial charge in [-0.05, 0) is 41.5 Å². The summed E-state index contributed by atoms with van der Waals surface area (Å²) in [5.41, 5.74) is 4.94. The highest BCUT2D eigenvalue weighted by Crippen LogP contribution is 2.44. The van der Waals surface area contributed by atoms with Crippen molar-refractivity contribution in [3.8, 4) is 11.1 Å². The SMILES string of the molecule is CC[C@H](CC(=O)NC1CC=C(C(=O)O)C1)NC(=O)OCC1c2ccccc2-c2ccccc21. The fourth-order valence-electron chi connectivity index (χ4n) is 4.62. The monoisotopic (exact) mass is 448 g/mol. The van der Waals surface area contributed by atoms with Gasteiger partial charge in [-0.1, -0.05) is 61.5 Å². The summed E-state index contributed by atoms with van der Waals surface area (Å²) in [6.07, 6.45) is 2.59. The van der Waals surface area contributed by atoms with Crippen LogP contribution < -0.4 is 10.6 Å². The molecule has 0 bridgehead atoms. The van der Waals surface area contributed by atoms with Crippen molar-refractivity contribution >= 4 is 18.0 Å². The van der Waals surface area contributed by atoms with Crippen LogP contribution >= 0.6 is 0 Å². The van der Waals surface area contributed by atoms with Gasteiger partial charge in [-0.3, -0.25) is 4.79 Å². The van der Waals surface area contributed by atoms with Gasteiger partial charge in [0.25, 0.3) is 0 Å². The maximum atomic E-state index is 12.5. The molecule has 0 radical (unpaired) electrons. The van der Waals surface area contributed by atoms with Crippen molar-refractivity contribution in [2.24, 2.45) is 0 Å². The van der Waals surface area contributed by atoms with Gasteiger partial charge in [-0.15, -0.1) is 0 Å². The molecule has 7 nitrogen and oxygen atoms in total. The highest BCUT2D eigenvalue weighted by Gasteiger charge is 2.29. The van der Waals surface area contributed by atoms with Gasteiger partial charge in [-0.2, -0.15) is 0 Å². The first-order chi connectivity index (χ1) is 16.0. The zero-order chi connectivity index (χ0) is 23.4. The van der Waals surface area contributed by atoms with Crippen LogP contribution in [-0.2, 0) is 14.3 Å². The minimum atomic E-state index is -0.949. The number of hydrogen-bond acceptors (Lipinski definition) is 4. The zero-order valence-electron chi connectivity index (χ0n) is 18.5. The van der Waals surface area contributed by atoms with E-state index in [0.717, 1.165) is 22.3 Å². The molecule has 0 saturated carbocycles. The molecular formula is C26H28N2O5. The van der Waals surface area contributed by atoms with Crippen LogP contribution in [0.3, 0.4) is 0 Å². The first kappa shape index (κ1) is 22.6. The number of ether oxygens (including phenoxy) is 1.